The average molecular weight is 272 g/mol. The number of amides is 2. The Labute approximate surface area is 116 Å². The van der Waals surface area contributed by atoms with E-state index in [1.165, 1.54) is 12.3 Å². The molecule has 20 heavy (non-hydrogen) atoms. The monoisotopic (exact) mass is 272 g/mol. The summed E-state index contributed by atoms with van der Waals surface area (Å²) in [5, 5.41) is 11.7. The van der Waals surface area contributed by atoms with Crippen LogP contribution < -0.4 is 5.32 Å². The Morgan fingerprint density at radius 3 is 2.85 bits per heavy atom. The molecule has 3 rings (SSSR count). The van der Waals surface area contributed by atoms with Gasteiger partial charge in [-0.25, -0.2) is 0 Å². The molecule has 1 aromatic rings. The summed E-state index contributed by atoms with van der Waals surface area (Å²) in [6, 6.07) is 3.43. The zero-order chi connectivity index (χ0) is 14.1. The Bertz CT molecular complexity index is 582. The van der Waals surface area contributed by atoms with Crippen LogP contribution in [0, 0.1) is 11.3 Å². The molecule has 0 bridgehead atoms. The molecule has 1 atom stereocenters. The fraction of sp³-hybridized carbons (Fsp3) is 0.500. The van der Waals surface area contributed by atoms with Crippen LogP contribution in [0.1, 0.15) is 41.7 Å². The number of nitrogens with one attached hydrogen (secondary N) is 2. The number of hydrogen-bond donors (Lipinski definition) is 2. The minimum atomic E-state index is -0.378. The molecule has 1 aliphatic carbocycles. The molecule has 2 fully saturated rings. The van der Waals surface area contributed by atoms with Crippen LogP contribution in [0.2, 0.25) is 0 Å². The number of H-pyrrole nitrogens is 1. The van der Waals surface area contributed by atoms with E-state index in [1.807, 2.05) is 6.07 Å². The summed E-state index contributed by atoms with van der Waals surface area (Å²) in [5.74, 6) is -0.259. The SMILES string of the molecule is N#Cc1c[nH]c(C(=O)N2CCC[C@@H]2C(=O)NC2CC2)c1. The van der Waals surface area contributed by atoms with E-state index in [0.717, 1.165) is 19.3 Å². The predicted octanol–water partition coefficient (Wildman–Crippen LogP) is 0.770. The van der Waals surface area contributed by atoms with Gasteiger partial charge in [-0.3, -0.25) is 9.59 Å². The molecule has 6 heteroatoms. The second-order valence-electron chi connectivity index (χ2n) is 5.35. The van der Waals surface area contributed by atoms with Crippen LogP contribution in [0.25, 0.3) is 0 Å². The molecule has 2 N–H and O–H groups in total. The number of rotatable bonds is 3. The van der Waals surface area contributed by atoms with Crippen LogP contribution in [0.5, 0.6) is 0 Å². The molecule has 0 aromatic carbocycles. The van der Waals surface area contributed by atoms with Gasteiger partial charge in [0.15, 0.2) is 0 Å². The minimum absolute atomic E-state index is 0.0505. The fourth-order valence-corrected chi connectivity index (χ4v) is 2.54. The Morgan fingerprint density at radius 1 is 1.40 bits per heavy atom. The highest BCUT2D eigenvalue weighted by Crippen LogP contribution is 2.23. The van der Waals surface area contributed by atoms with Gasteiger partial charge in [0, 0.05) is 18.8 Å². The molecule has 1 aliphatic heterocycles. The quantitative estimate of drug-likeness (QED) is 0.851. The van der Waals surface area contributed by atoms with E-state index in [2.05, 4.69) is 10.3 Å². The highest BCUT2D eigenvalue weighted by atomic mass is 16.2. The van der Waals surface area contributed by atoms with E-state index < -0.39 is 0 Å². The first kappa shape index (κ1) is 12.7. The van der Waals surface area contributed by atoms with Crippen molar-refractivity contribution in [2.75, 3.05) is 6.54 Å². The zero-order valence-corrected chi connectivity index (χ0v) is 11.1. The van der Waals surface area contributed by atoms with Crippen molar-refractivity contribution in [3.8, 4) is 6.07 Å². The van der Waals surface area contributed by atoms with Crippen molar-refractivity contribution >= 4 is 11.8 Å². The van der Waals surface area contributed by atoms with Gasteiger partial charge < -0.3 is 15.2 Å². The summed E-state index contributed by atoms with van der Waals surface area (Å²) < 4.78 is 0. The van der Waals surface area contributed by atoms with Gasteiger partial charge >= 0.3 is 0 Å². The van der Waals surface area contributed by atoms with Crippen molar-refractivity contribution in [3.63, 3.8) is 0 Å². The van der Waals surface area contributed by atoms with E-state index in [4.69, 9.17) is 5.26 Å². The Hall–Kier alpha value is -2.29. The average Bonchev–Trinajstić information content (AvgIpc) is 2.99. The van der Waals surface area contributed by atoms with Gasteiger partial charge in [-0.2, -0.15) is 5.26 Å². The smallest absolute Gasteiger partial charge is 0.270 e. The Morgan fingerprint density at radius 2 is 2.20 bits per heavy atom. The van der Waals surface area contributed by atoms with E-state index in [-0.39, 0.29) is 17.9 Å². The second kappa shape index (κ2) is 5.00. The minimum Gasteiger partial charge on any atom is -0.356 e. The second-order valence-corrected chi connectivity index (χ2v) is 5.35. The molecule has 0 spiro atoms. The van der Waals surface area contributed by atoms with Gasteiger partial charge in [0.1, 0.15) is 17.8 Å². The van der Waals surface area contributed by atoms with E-state index in [1.54, 1.807) is 4.90 Å². The lowest BCUT2D eigenvalue weighted by molar-refractivity contribution is -0.125. The molecule has 1 aromatic heterocycles. The van der Waals surface area contributed by atoms with Gasteiger partial charge in [0.05, 0.1) is 5.56 Å². The molecular formula is C14H16N4O2. The van der Waals surface area contributed by atoms with Crippen LogP contribution in [-0.4, -0.2) is 40.3 Å². The normalized spacial score (nSPS) is 21.6. The van der Waals surface area contributed by atoms with Gasteiger partial charge in [-0.05, 0) is 31.7 Å². The predicted molar refractivity (Wildman–Crippen MR) is 70.7 cm³/mol. The van der Waals surface area contributed by atoms with Gasteiger partial charge in [0.2, 0.25) is 5.91 Å². The molecule has 0 radical (unpaired) electrons. The van der Waals surface area contributed by atoms with Crippen molar-refractivity contribution in [1.82, 2.24) is 15.2 Å². The van der Waals surface area contributed by atoms with Gasteiger partial charge in [-0.15, -0.1) is 0 Å². The van der Waals surface area contributed by atoms with Crippen LogP contribution in [0.15, 0.2) is 12.3 Å². The molecule has 1 saturated heterocycles. The lowest BCUT2D eigenvalue weighted by atomic mass is 10.2. The maximum absolute atomic E-state index is 12.4. The Kier molecular flexibility index (Phi) is 3.18. The van der Waals surface area contributed by atoms with Crippen LogP contribution >= 0.6 is 0 Å². The standard InChI is InChI=1S/C14H16N4O2/c15-7-9-6-11(16-8-9)14(20)18-5-1-2-12(18)13(19)17-10-3-4-10/h6,8,10,12,16H,1-5H2,(H,17,19)/t12-/m1/s1. The third kappa shape index (κ3) is 2.39. The van der Waals surface area contributed by atoms with Gasteiger partial charge in [0.25, 0.3) is 5.91 Å². The third-order valence-corrected chi connectivity index (χ3v) is 3.78. The highest BCUT2D eigenvalue weighted by Gasteiger charge is 2.37. The van der Waals surface area contributed by atoms with Crippen molar-refractivity contribution in [2.45, 2.75) is 37.8 Å². The van der Waals surface area contributed by atoms with E-state index in [0.29, 0.717) is 30.3 Å². The van der Waals surface area contributed by atoms with E-state index in [9.17, 15) is 9.59 Å². The van der Waals surface area contributed by atoms with Crippen molar-refractivity contribution < 1.29 is 9.59 Å². The summed E-state index contributed by atoms with van der Waals surface area (Å²) in [6.07, 6.45) is 5.11. The van der Waals surface area contributed by atoms with E-state index >= 15 is 0 Å². The first-order valence-electron chi connectivity index (χ1n) is 6.89. The summed E-state index contributed by atoms with van der Waals surface area (Å²) in [5.41, 5.74) is 0.791. The van der Waals surface area contributed by atoms with Crippen LogP contribution in [0.4, 0.5) is 0 Å². The number of aromatic amines is 1. The number of likely N-dealkylation sites (tertiary alicyclic amines) is 1. The topological polar surface area (TPSA) is 89.0 Å². The first-order valence-corrected chi connectivity index (χ1v) is 6.89. The summed E-state index contributed by atoms with van der Waals surface area (Å²) in [6.45, 7) is 0.586. The van der Waals surface area contributed by atoms with Crippen molar-refractivity contribution in [1.29, 1.82) is 5.26 Å². The number of nitrogens with zero attached hydrogens (tertiary/aromatic N) is 2. The first-order chi connectivity index (χ1) is 9.69. The number of carbonyl (C=O) groups is 2. The highest BCUT2D eigenvalue weighted by molar-refractivity contribution is 5.97. The molecule has 6 nitrogen and oxygen atoms in total. The van der Waals surface area contributed by atoms with Crippen molar-refractivity contribution in [3.05, 3.63) is 23.5 Å². The third-order valence-electron chi connectivity index (χ3n) is 3.78. The Balaban J connectivity index is 1.72. The van der Waals surface area contributed by atoms with Crippen LogP contribution in [0.3, 0.4) is 0 Å². The molecule has 1 saturated carbocycles. The zero-order valence-electron chi connectivity index (χ0n) is 11.1. The number of carbonyl (C=O) groups excluding carboxylic acids is 2. The summed E-state index contributed by atoms with van der Waals surface area (Å²) >= 11 is 0. The molecular weight excluding hydrogens is 256 g/mol. The molecule has 2 aliphatic rings. The largest absolute Gasteiger partial charge is 0.356 e. The molecule has 104 valence electrons. The maximum atomic E-state index is 12.4. The van der Waals surface area contributed by atoms with Crippen molar-refractivity contribution in [2.24, 2.45) is 0 Å². The van der Waals surface area contributed by atoms with Gasteiger partial charge in [-0.1, -0.05) is 0 Å². The molecule has 2 amide bonds. The lowest BCUT2D eigenvalue weighted by Gasteiger charge is -2.23. The number of nitriles is 1. The summed E-state index contributed by atoms with van der Waals surface area (Å²) in [7, 11) is 0. The molecule has 2 heterocycles. The lowest BCUT2D eigenvalue weighted by Crippen LogP contribution is -2.46. The summed E-state index contributed by atoms with van der Waals surface area (Å²) in [4.78, 5) is 28.9. The number of aromatic nitrogens is 1. The number of hydrogen-bond acceptors (Lipinski definition) is 3. The molecule has 0 unspecified atom stereocenters. The van der Waals surface area contributed by atoms with Crippen LogP contribution in [-0.2, 0) is 4.79 Å². The maximum Gasteiger partial charge on any atom is 0.270 e. The fourth-order valence-electron chi connectivity index (χ4n) is 2.54.